The molecule has 1 N–H and O–H groups in total. The minimum Gasteiger partial charge on any atom is -0.315 e. The number of anilines is 1. The monoisotopic (exact) mass is 272 g/mol. The van der Waals surface area contributed by atoms with Crippen LogP contribution in [0, 0.1) is 5.82 Å². The number of halogens is 1. The van der Waals surface area contributed by atoms with Crippen LogP contribution in [0.5, 0.6) is 0 Å². The van der Waals surface area contributed by atoms with E-state index in [1.54, 1.807) is 6.92 Å². The number of hydrogen-bond donors (Lipinski definition) is 1. The second-order valence-corrected chi connectivity index (χ2v) is 6.44. The van der Waals surface area contributed by atoms with Crippen LogP contribution in [0.4, 0.5) is 10.1 Å². The summed E-state index contributed by atoms with van der Waals surface area (Å²) in [5.74, 6) is -0.366. The summed E-state index contributed by atoms with van der Waals surface area (Å²) < 4.78 is 39.1. The van der Waals surface area contributed by atoms with Crippen molar-refractivity contribution in [2.24, 2.45) is 0 Å². The van der Waals surface area contributed by atoms with Crippen LogP contribution >= 0.6 is 0 Å². The molecule has 0 bridgehead atoms. The fourth-order valence-electron chi connectivity index (χ4n) is 2.18. The molecule has 1 unspecified atom stereocenters. The SMILES string of the molecule is CCN(c1ccc(F)cc1)S(=O)(=O)C1CCNC1. The lowest BCUT2D eigenvalue weighted by Gasteiger charge is -2.26. The Labute approximate surface area is 107 Å². The summed E-state index contributed by atoms with van der Waals surface area (Å²) in [5.41, 5.74) is 0.519. The maximum atomic E-state index is 12.9. The Morgan fingerprint density at radius 3 is 2.56 bits per heavy atom. The van der Waals surface area contributed by atoms with Gasteiger partial charge in [0.25, 0.3) is 0 Å². The van der Waals surface area contributed by atoms with Crippen molar-refractivity contribution < 1.29 is 12.8 Å². The Bertz CT molecular complexity index is 495. The van der Waals surface area contributed by atoms with Crippen molar-refractivity contribution in [1.82, 2.24) is 5.32 Å². The summed E-state index contributed by atoms with van der Waals surface area (Å²) >= 11 is 0. The molecule has 1 aromatic rings. The number of nitrogens with zero attached hydrogens (tertiary/aromatic N) is 1. The first-order chi connectivity index (χ1) is 8.55. The summed E-state index contributed by atoms with van der Waals surface area (Å²) in [5, 5.41) is 2.67. The van der Waals surface area contributed by atoms with Crippen molar-refractivity contribution in [3.05, 3.63) is 30.1 Å². The van der Waals surface area contributed by atoms with Crippen molar-refractivity contribution in [3.8, 4) is 0 Å². The van der Waals surface area contributed by atoms with Gasteiger partial charge >= 0.3 is 0 Å². The molecule has 0 spiro atoms. The average molecular weight is 272 g/mol. The molecule has 1 fully saturated rings. The first-order valence-electron chi connectivity index (χ1n) is 6.03. The summed E-state index contributed by atoms with van der Waals surface area (Å²) in [6, 6.07) is 5.55. The van der Waals surface area contributed by atoms with Gasteiger partial charge in [0.15, 0.2) is 0 Å². The highest BCUT2D eigenvalue weighted by Crippen LogP contribution is 2.23. The van der Waals surface area contributed by atoms with E-state index in [9.17, 15) is 12.8 Å². The van der Waals surface area contributed by atoms with E-state index in [0.717, 1.165) is 6.54 Å². The van der Waals surface area contributed by atoms with E-state index in [0.29, 0.717) is 25.2 Å². The third-order valence-corrected chi connectivity index (χ3v) is 5.47. The highest BCUT2D eigenvalue weighted by atomic mass is 32.2. The Morgan fingerprint density at radius 1 is 1.39 bits per heavy atom. The highest BCUT2D eigenvalue weighted by molar-refractivity contribution is 7.93. The number of rotatable bonds is 4. The zero-order valence-electron chi connectivity index (χ0n) is 10.3. The van der Waals surface area contributed by atoms with Gasteiger partial charge in [0.05, 0.1) is 10.9 Å². The van der Waals surface area contributed by atoms with Gasteiger partial charge in [-0.25, -0.2) is 12.8 Å². The number of hydrogen-bond acceptors (Lipinski definition) is 3. The largest absolute Gasteiger partial charge is 0.315 e. The van der Waals surface area contributed by atoms with Crippen molar-refractivity contribution in [3.63, 3.8) is 0 Å². The summed E-state index contributed by atoms with van der Waals surface area (Å²) in [6.45, 7) is 3.35. The van der Waals surface area contributed by atoms with Gasteiger partial charge in [0, 0.05) is 13.1 Å². The van der Waals surface area contributed by atoms with Gasteiger partial charge in [-0.15, -0.1) is 0 Å². The molecule has 1 heterocycles. The van der Waals surface area contributed by atoms with Gasteiger partial charge in [-0.1, -0.05) is 0 Å². The summed E-state index contributed by atoms with van der Waals surface area (Å²) in [4.78, 5) is 0. The standard InChI is InChI=1S/C12H17FN2O2S/c1-2-15(11-5-3-10(13)4-6-11)18(16,17)12-7-8-14-9-12/h3-6,12,14H,2,7-9H2,1H3. The first-order valence-corrected chi connectivity index (χ1v) is 7.54. The molecule has 1 saturated heterocycles. The zero-order chi connectivity index (χ0) is 13.2. The Balaban J connectivity index is 2.30. The molecule has 6 heteroatoms. The molecule has 0 saturated carbocycles. The van der Waals surface area contributed by atoms with Crippen LogP contribution in [0.2, 0.25) is 0 Å². The number of nitrogens with one attached hydrogen (secondary N) is 1. The van der Waals surface area contributed by atoms with Crippen molar-refractivity contribution in [1.29, 1.82) is 0 Å². The van der Waals surface area contributed by atoms with Crippen LogP contribution in [-0.2, 0) is 10.0 Å². The molecule has 0 aliphatic carbocycles. The van der Waals surface area contributed by atoms with E-state index < -0.39 is 10.0 Å². The maximum Gasteiger partial charge on any atom is 0.239 e. The van der Waals surface area contributed by atoms with Gasteiger partial charge in [-0.05, 0) is 44.2 Å². The predicted octanol–water partition coefficient (Wildman–Crippen LogP) is 1.34. The molecular weight excluding hydrogens is 255 g/mol. The van der Waals surface area contributed by atoms with Crippen molar-refractivity contribution >= 4 is 15.7 Å². The van der Waals surface area contributed by atoms with Gasteiger partial charge in [-0.2, -0.15) is 0 Å². The third-order valence-electron chi connectivity index (χ3n) is 3.15. The molecule has 0 radical (unpaired) electrons. The number of sulfonamides is 1. The second-order valence-electron chi connectivity index (χ2n) is 4.30. The van der Waals surface area contributed by atoms with Crippen LogP contribution in [0.15, 0.2) is 24.3 Å². The minimum atomic E-state index is -3.37. The highest BCUT2D eigenvalue weighted by Gasteiger charge is 2.33. The summed E-state index contributed by atoms with van der Waals surface area (Å²) in [6.07, 6.45) is 0.625. The molecule has 4 nitrogen and oxygen atoms in total. The predicted molar refractivity (Wildman–Crippen MR) is 69.6 cm³/mol. The average Bonchev–Trinajstić information content (AvgIpc) is 2.86. The quantitative estimate of drug-likeness (QED) is 0.900. The maximum absolute atomic E-state index is 12.9. The molecule has 0 aromatic heterocycles. The van der Waals surface area contributed by atoms with E-state index in [1.165, 1.54) is 28.6 Å². The van der Waals surface area contributed by atoms with E-state index >= 15 is 0 Å². The third kappa shape index (κ3) is 2.49. The topological polar surface area (TPSA) is 49.4 Å². The minimum absolute atomic E-state index is 0.352. The van der Waals surface area contributed by atoms with E-state index in [2.05, 4.69) is 5.32 Å². The van der Waals surface area contributed by atoms with Gasteiger partial charge in [0.2, 0.25) is 10.0 Å². The normalized spacial score (nSPS) is 20.0. The summed E-state index contributed by atoms with van der Waals surface area (Å²) in [7, 11) is -3.37. The molecule has 1 aliphatic rings. The fraction of sp³-hybridized carbons (Fsp3) is 0.500. The van der Waals surface area contributed by atoms with Crippen LogP contribution in [-0.4, -0.2) is 33.3 Å². The molecule has 0 amide bonds. The van der Waals surface area contributed by atoms with E-state index in [-0.39, 0.29) is 11.1 Å². The van der Waals surface area contributed by atoms with E-state index in [4.69, 9.17) is 0 Å². The Kier molecular flexibility index (Phi) is 3.87. The lowest BCUT2D eigenvalue weighted by molar-refractivity contribution is 0.578. The molecule has 1 atom stereocenters. The first kappa shape index (κ1) is 13.3. The van der Waals surface area contributed by atoms with Crippen LogP contribution in [0.25, 0.3) is 0 Å². The Morgan fingerprint density at radius 2 is 2.06 bits per heavy atom. The number of benzene rings is 1. The zero-order valence-corrected chi connectivity index (χ0v) is 11.1. The molecular formula is C12H17FN2O2S. The molecule has 100 valence electrons. The van der Waals surface area contributed by atoms with Crippen LogP contribution < -0.4 is 9.62 Å². The molecule has 18 heavy (non-hydrogen) atoms. The Hall–Kier alpha value is -1.14. The van der Waals surface area contributed by atoms with Gasteiger partial charge in [0.1, 0.15) is 5.82 Å². The van der Waals surface area contributed by atoms with Gasteiger partial charge < -0.3 is 5.32 Å². The van der Waals surface area contributed by atoms with Crippen molar-refractivity contribution in [2.75, 3.05) is 23.9 Å². The lowest BCUT2D eigenvalue weighted by atomic mass is 10.3. The second kappa shape index (κ2) is 5.24. The molecule has 1 aliphatic heterocycles. The van der Waals surface area contributed by atoms with Gasteiger partial charge in [-0.3, -0.25) is 4.31 Å². The smallest absolute Gasteiger partial charge is 0.239 e. The van der Waals surface area contributed by atoms with E-state index in [1.807, 2.05) is 0 Å². The van der Waals surface area contributed by atoms with Crippen molar-refractivity contribution in [2.45, 2.75) is 18.6 Å². The van der Waals surface area contributed by atoms with Crippen LogP contribution in [0.1, 0.15) is 13.3 Å². The lowest BCUT2D eigenvalue weighted by Crippen LogP contribution is -2.39. The van der Waals surface area contributed by atoms with Crippen LogP contribution in [0.3, 0.4) is 0 Å². The molecule has 2 rings (SSSR count). The fourth-order valence-corrected chi connectivity index (χ4v) is 4.06. The molecule has 1 aromatic carbocycles.